The largest absolute Gasteiger partial charge is 0.451 e. The molecular weight excluding hydrogens is 388 g/mol. The van der Waals surface area contributed by atoms with Crippen LogP contribution in [0.1, 0.15) is 30.4 Å². The third-order valence-electron chi connectivity index (χ3n) is 3.75. The van der Waals surface area contributed by atoms with Gasteiger partial charge in [0.05, 0.1) is 15.6 Å². The Kier molecular flexibility index (Phi) is 7.38. The molecule has 0 radical (unpaired) electrons. The van der Waals surface area contributed by atoms with Gasteiger partial charge >= 0.3 is 5.97 Å². The van der Waals surface area contributed by atoms with Crippen LogP contribution in [0.5, 0.6) is 0 Å². The standard InChI is InChI=1S/C19H21ClN2O4S/c1-11(2)16(22-18(24)15-9-6-10-27-15)19(25)26-12(3)17(23)21-14-8-5-4-7-13(14)20/h4-12,16H,1-3H3,(H,21,23)(H,22,24)/t12-,16+/m1/s1. The second-order valence-corrected chi connectivity index (χ2v) is 7.58. The average molecular weight is 409 g/mol. The summed E-state index contributed by atoms with van der Waals surface area (Å²) in [5, 5.41) is 7.44. The molecule has 0 fully saturated rings. The summed E-state index contributed by atoms with van der Waals surface area (Å²) in [4.78, 5) is 37.5. The number of ether oxygens (including phenoxy) is 1. The Labute approximate surface area is 166 Å². The number of rotatable bonds is 7. The van der Waals surface area contributed by atoms with Gasteiger partial charge in [-0.2, -0.15) is 0 Å². The zero-order valence-electron chi connectivity index (χ0n) is 15.2. The third kappa shape index (κ3) is 5.80. The number of amides is 2. The fraction of sp³-hybridized carbons (Fsp3) is 0.316. The summed E-state index contributed by atoms with van der Waals surface area (Å²) < 4.78 is 5.26. The fourth-order valence-corrected chi connectivity index (χ4v) is 3.03. The monoisotopic (exact) mass is 408 g/mol. The Bertz CT molecular complexity index is 808. The molecular formula is C19H21ClN2O4S. The van der Waals surface area contributed by atoms with Gasteiger partial charge in [0, 0.05) is 0 Å². The Morgan fingerprint density at radius 1 is 1.07 bits per heavy atom. The van der Waals surface area contributed by atoms with Gasteiger partial charge in [0.25, 0.3) is 11.8 Å². The summed E-state index contributed by atoms with van der Waals surface area (Å²) in [6.07, 6.45) is -1.05. The lowest BCUT2D eigenvalue weighted by Crippen LogP contribution is -2.47. The smallest absolute Gasteiger partial charge is 0.329 e. The normalized spacial score (nSPS) is 12.9. The van der Waals surface area contributed by atoms with Gasteiger partial charge in [-0.25, -0.2) is 4.79 Å². The minimum atomic E-state index is -1.05. The molecule has 0 spiro atoms. The molecule has 0 aliphatic carbocycles. The first-order chi connectivity index (χ1) is 12.8. The first-order valence-electron chi connectivity index (χ1n) is 8.40. The summed E-state index contributed by atoms with van der Waals surface area (Å²) >= 11 is 7.28. The molecule has 0 aliphatic rings. The molecule has 144 valence electrons. The maximum atomic E-state index is 12.5. The zero-order chi connectivity index (χ0) is 20.0. The van der Waals surface area contributed by atoms with Crippen LogP contribution in [0.25, 0.3) is 0 Å². The summed E-state index contributed by atoms with van der Waals surface area (Å²) in [6.45, 7) is 5.03. The lowest BCUT2D eigenvalue weighted by Gasteiger charge is -2.22. The van der Waals surface area contributed by atoms with Crippen molar-refractivity contribution in [3.05, 3.63) is 51.7 Å². The fourth-order valence-electron chi connectivity index (χ4n) is 2.22. The van der Waals surface area contributed by atoms with Crippen molar-refractivity contribution >= 4 is 46.4 Å². The number of carbonyl (C=O) groups excluding carboxylic acids is 3. The number of thiophene rings is 1. The van der Waals surface area contributed by atoms with Crippen molar-refractivity contribution in [2.75, 3.05) is 5.32 Å². The van der Waals surface area contributed by atoms with E-state index >= 15 is 0 Å². The lowest BCUT2D eigenvalue weighted by molar-refractivity contribution is -0.156. The number of halogens is 1. The Balaban J connectivity index is 1.98. The van der Waals surface area contributed by atoms with Crippen molar-refractivity contribution in [3.63, 3.8) is 0 Å². The molecule has 2 atom stereocenters. The van der Waals surface area contributed by atoms with E-state index in [2.05, 4.69) is 10.6 Å². The summed E-state index contributed by atoms with van der Waals surface area (Å²) in [5.74, 6) is -1.74. The first-order valence-corrected chi connectivity index (χ1v) is 9.65. The number of esters is 1. The second-order valence-electron chi connectivity index (χ2n) is 6.22. The van der Waals surface area contributed by atoms with E-state index in [-0.39, 0.29) is 11.8 Å². The molecule has 1 aromatic heterocycles. The van der Waals surface area contributed by atoms with E-state index in [1.54, 1.807) is 55.6 Å². The number of hydrogen-bond acceptors (Lipinski definition) is 5. The van der Waals surface area contributed by atoms with E-state index in [9.17, 15) is 14.4 Å². The van der Waals surface area contributed by atoms with Crippen LogP contribution in [-0.4, -0.2) is 29.9 Å². The molecule has 0 unspecified atom stereocenters. The van der Waals surface area contributed by atoms with E-state index in [1.807, 2.05) is 0 Å². The quantitative estimate of drug-likeness (QED) is 0.683. The minimum absolute atomic E-state index is 0.208. The van der Waals surface area contributed by atoms with Crippen molar-refractivity contribution in [1.82, 2.24) is 5.32 Å². The average Bonchev–Trinajstić information content (AvgIpc) is 3.15. The maximum Gasteiger partial charge on any atom is 0.329 e. The van der Waals surface area contributed by atoms with Gasteiger partial charge in [0.15, 0.2) is 6.10 Å². The van der Waals surface area contributed by atoms with E-state index < -0.39 is 24.0 Å². The molecule has 1 aromatic carbocycles. The molecule has 2 N–H and O–H groups in total. The van der Waals surface area contributed by atoms with Crippen molar-refractivity contribution < 1.29 is 19.1 Å². The van der Waals surface area contributed by atoms with Gasteiger partial charge in [-0.3, -0.25) is 9.59 Å². The summed E-state index contributed by atoms with van der Waals surface area (Å²) in [7, 11) is 0. The van der Waals surface area contributed by atoms with Crippen LogP contribution in [0.2, 0.25) is 5.02 Å². The highest BCUT2D eigenvalue weighted by Gasteiger charge is 2.29. The number of anilines is 1. The van der Waals surface area contributed by atoms with Gasteiger partial charge < -0.3 is 15.4 Å². The Morgan fingerprint density at radius 2 is 1.78 bits per heavy atom. The van der Waals surface area contributed by atoms with Crippen LogP contribution in [0.15, 0.2) is 41.8 Å². The maximum absolute atomic E-state index is 12.5. The van der Waals surface area contributed by atoms with E-state index in [0.29, 0.717) is 15.6 Å². The molecule has 2 amide bonds. The van der Waals surface area contributed by atoms with Crippen LogP contribution >= 0.6 is 22.9 Å². The van der Waals surface area contributed by atoms with Gasteiger partial charge in [-0.15, -0.1) is 11.3 Å². The van der Waals surface area contributed by atoms with Crippen LogP contribution in [0.3, 0.4) is 0 Å². The number of carbonyl (C=O) groups is 3. The van der Waals surface area contributed by atoms with E-state index in [1.165, 1.54) is 18.3 Å². The number of benzene rings is 1. The van der Waals surface area contributed by atoms with Crippen molar-refractivity contribution in [2.45, 2.75) is 32.9 Å². The molecule has 0 aliphatic heterocycles. The number of nitrogens with one attached hydrogen (secondary N) is 2. The van der Waals surface area contributed by atoms with Crippen molar-refractivity contribution in [2.24, 2.45) is 5.92 Å². The molecule has 0 saturated carbocycles. The highest BCUT2D eigenvalue weighted by Crippen LogP contribution is 2.21. The van der Waals surface area contributed by atoms with E-state index in [0.717, 1.165) is 0 Å². The summed E-state index contributed by atoms with van der Waals surface area (Å²) in [5.41, 5.74) is 0.429. The highest BCUT2D eigenvalue weighted by molar-refractivity contribution is 7.12. The minimum Gasteiger partial charge on any atom is -0.451 e. The van der Waals surface area contributed by atoms with Gasteiger partial charge in [0.1, 0.15) is 6.04 Å². The third-order valence-corrected chi connectivity index (χ3v) is 4.94. The number of hydrogen-bond donors (Lipinski definition) is 2. The van der Waals surface area contributed by atoms with Crippen LogP contribution in [-0.2, 0) is 14.3 Å². The molecule has 2 rings (SSSR count). The van der Waals surface area contributed by atoms with Crippen LogP contribution < -0.4 is 10.6 Å². The predicted octanol–water partition coefficient (Wildman–Crippen LogP) is 3.73. The second kappa shape index (κ2) is 9.53. The highest BCUT2D eigenvalue weighted by atomic mass is 35.5. The topological polar surface area (TPSA) is 84.5 Å². The SMILES string of the molecule is CC(C)[C@H](NC(=O)c1cccs1)C(=O)O[C@H](C)C(=O)Nc1ccccc1Cl. The van der Waals surface area contributed by atoms with Gasteiger partial charge in [-0.05, 0) is 36.4 Å². The molecule has 0 saturated heterocycles. The van der Waals surface area contributed by atoms with Crippen molar-refractivity contribution in [3.8, 4) is 0 Å². The predicted molar refractivity (Wildman–Crippen MR) is 106 cm³/mol. The molecule has 2 aromatic rings. The van der Waals surface area contributed by atoms with Gasteiger partial charge in [0.2, 0.25) is 0 Å². The van der Waals surface area contributed by atoms with Crippen LogP contribution in [0.4, 0.5) is 5.69 Å². The van der Waals surface area contributed by atoms with Crippen LogP contribution in [0, 0.1) is 5.92 Å². The molecule has 6 nitrogen and oxygen atoms in total. The zero-order valence-corrected chi connectivity index (χ0v) is 16.8. The van der Waals surface area contributed by atoms with Gasteiger partial charge in [-0.1, -0.05) is 43.6 Å². The Morgan fingerprint density at radius 3 is 2.37 bits per heavy atom. The van der Waals surface area contributed by atoms with E-state index in [4.69, 9.17) is 16.3 Å². The first kappa shape index (κ1) is 20.9. The molecule has 0 bridgehead atoms. The molecule has 1 heterocycles. The van der Waals surface area contributed by atoms with Crippen molar-refractivity contribution in [1.29, 1.82) is 0 Å². The summed E-state index contributed by atoms with van der Waals surface area (Å²) in [6, 6.07) is 9.31. The number of para-hydroxylation sites is 1. The Hall–Kier alpha value is -2.38. The lowest BCUT2D eigenvalue weighted by atomic mass is 10.0. The molecule has 8 heteroatoms. The molecule has 27 heavy (non-hydrogen) atoms.